The van der Waals surface area contributed by atoms with E-state index in [1.165, 1.54) is 30.6 Å². The molecule has 7 rings (SSSR count). The van der Waals surface area contributed by atoms with Gasteiger partial charge in [-0.2, -0.15) is 8.78 Å². The quantitative estimate of drug-likeness (QED) is 0.210. The number of anilines is 1. The Labute approximate surface area is 244 Å². The third-order valence-corrected chi connectivity index (χ3v) is 9.43. The van der Waals surface area contributed by atoms with E-state index in [2.05, 4.69) is 10.1 Å². The molecule has 2 aliphatic heterocycles. The van der Waals surface area contributed by atoms with Gasteiger partial charge in [0.05, 0.1) is 30.1 Å². The highest BCUT2D eigenvalue weighted by Crippen LogP contribution is 2.47. The molecule has 1 N–H and O–H groups in total. The summed E-state index contributed by atoms with van der Waals surface area (Å²) >= 11 is 1.49. The number of methoxy groups -OCH3 is 1. The molecular formula is C30H29F2N3O6S. The first-order chi connectivity index (χ1) is 20.4. The fraction of sp³-hybridized carbons (Fsp3) is 0.433. The van der Waals surface area contributed by atoms with E-state index in [9.17, 15) is 18.7 Å². The maximum atomic E-state index is 13.1. The molecule has 2 aromatic carbocycles. The monoisotopic (exact) mass is 597 g/mol. The lowest BCUT2D eigenvalue weighted by molar-refractivity contribution is -0.0494. The highest BCUT2D eigenvalue weighted by Gasteiger charge is 2.43. The second kappa shape index (κ2) is 10.8. The standard InChI is InChI=1S/C30H29F2N3O6S/c1-38-23-10-16(28(36)37)11-24-26(23)33-30(42-24)35-17-8-9-18(35)13-19(12-17)39-14-21-25(34-41-27(21)15-6-7-15)20-4-2-3-5-22(20)40-29(31)32/h2-5,10-11,15,17-19,29H,6-9,12-14H2,1H3,(H,36,37)/t17-,18+,19+. The Hall–Kier alpha value is -3.77. The topological polar surface area (TPSA) is 107 Å². The molecule has 12 heteroatoms. The first-order valence-corrected chi connectivity index (χ1v) is 14.9. The van der Waals surface area contributed by atoms with Crippen molar-refractivity contribution in [2.24, 2.45) is 0 Å². The largest absolute Gasteiger partial charge is 0.494 e. The summed E-state index contributed by atoms with van der Waals surface area (Å²) in [6.07, 6.45) is 5.66. The number of halogens is 2. The molecule has 2 bridgehead atoms. The van der Waals surface area contributed by atoms with Crippen molar-refractivity contribution in [3.63, 3.8) is 0 Å². The summed E-state index contributed by atoms with van der Waals surface area (Å²) in [6.45, 7) is -2.68. The molecule has 9 nitrogen and oxygen atoms in total. The molecule has 220 valence electrons. The lowest BCUT2D eigenvalue weighted by atomic mass is 10.00. The van der Waals surface area contributed by atoms with Crippen LogP contribution in [0.15, 0.2) is 40.9 Å². The van der Waals surface area contributed by atoms with E-state index in [-0.39, 0.29) is 42.0 Å². The van der Waals surface area contributed by atoms with Crippen LogP contribution >= 0.6 is 11.3 Å². The lowest BCUT2D eigenvalue weighted by Crippen LogP contribution is -2.45. The summed E-state index contributed by atoms with van der Waals surface area (Å²) < 4.78 is 49.5. The number of carboxylic acid groups (broad SMARTS) is 1. The Balaban J connectivity index is 1.10. The number of thiazole rings is 1. The molecule has 1 saturated carbocycles. The zero-order valence-electron chi connectivity index (χ0n) is 22.8. The van der Waals surface area contributed by atoms with Gasteiger partial charge in [0.15, 0.2) is 5.13 Å². The number of aromatic carboxylic acids is 1. The van der Waals surface area contributed by atoms with Gasteiger partial charge in [-0.15, -0.1) is 0 Å². The minimum atomic E-state index is -2.95. The van der Waals surface area contributed by atoms with Crippen LogP contribution in [-0.4, -0.2) is 53.1 Å². The second-order valence-corrected chi connectivity index (χ2v) is 12.1. The summed E-state index contributed by atoms with van der Waals surface area (Å²) in [7, 11) is 1.52. The van der Waals surface area contributed by atoms with Crippen molar-refractivity contribution in [1.82, 2.24) is 10.1 Å². The van der Waals surface area contributed by atoms with E-state index in [4.69, 9.17) is 23.7 Å². The number of benzene rings is 2. The molecule has 0 unspecified atom stereocenters. The molecule has 3 aliphatic rings. The summed E-state index contributed by atoms with van der Waals surface area (Å²) in [6, 6.07) is 10.3. The zero-order chi connectivity index (χ0) is 29.0. The summed E-state index contributed by atoms with van der Waals surface area (Å²) in [5, 5.41) is 14.6. The molecule has 0 spiro atoms. The fourth-order valence-electron chi connectivity index (χ4n) is 6.35. The Morgan fingerprint density at radius 2 is 1.90 bits per heavy atom. The van der Waals surface area contributed by atoms with Gasteiger partial charge in [0.25, 0.3) is 0 Å². The van der Waals surface area contributed by atoms with Gasteiger partial charge in [-0.3, -0.25) is 0 Å². The number of alkyl halides is 2. The molecule has 3 atom stereocenters. The SMILES string of the molecule is COc1cc(C(=O)O)cc2sc(N3[C@@H]4CC[C@H]3C[C@@H](OCc3c(-c5ccccc5OC(F)F)noc3C3CC3)C4)nc12. The van der Waals surface area contributed by atoms with Crippen LogP contribution in [0.25, 0.3) is 21.5 Å². The Kier molecular flexibility index (Phi) is 6.97. The molecule has 42 heavy (non-hydrogen) atoms. The van der Waals surface area contributed by atoms with Crippen LogP contribution < -0.4 is 14.4 Å². The maximum Gasteiger partial charge on any atom is 0.387 e. The Bertz CT molecular complexity index is 1620. The second-order valence-electron chi connectivity index (χ2n) is 11.0. The van der Waals surface area contributed by atoms with Gasteiger partial charge in [-0.05, 0) is 62.8 Å². The molecule has 2 saturated heterocycles. The van der Waals surface area contributed by atoms with Crippen LogP contribution in [0.2, 0.25) is 0 Å². The van der Waals surface area contributed by atoms with Crippen molar-refractivity contribution in [3.8, 4) is 22.8 Å². The molecule has 0 radical (unpaired) electrons. The molecule has 0 amide bonds. The van der Waals surface area contributed by atoms with Crippen molar-refractivity contribution in [2.75, 3.05) is 12.0 Å². The minimum absolute atomic E-state index is 0.00337. The van der Waals surface area contributed by atoms with Crippen LogP contribution in [0.3, 0.4) is 0 Å². The van der Waals surface area contributed by atoms with E-state index in [1.807, 2.05) is 0 Å². The number of aromatic nitrogens is 2. The smallest absolute Gasteiger partial charge is 0.387 e. The third-order valence-electron chi connectivity index (χ3n) is 8.41. The van der Waals surface area contributed by atoms with Crippen LogP contribution in [0.4, 0.5) is 13.9 Å². The molecule has 1 aliphatic carbocycles. The van der Waals surface area contributed by atoms with Crippen molar-refractivity contribution in [3.05, 3.63) is 53.3 Å². The predicted molar refractivity (Wildman–Crippen MR) is 151 cm³/mol. The minimum Gasteiger partial charge on any atom is -0.494 e. The maximum absolute atomic E-state index is 13.1. The van der Waals surface area contributed by atoms with Crippen LogP contribution in [0.5, 0.6) is 11.5 Å². The molecule has 4 aromatic rings. The van der Waals surface area contributed by atoms with Gasteiger partial charge in [0.2, 0.25) is 0 Å². The van der Waals surface area contributed by atoms with Gasteiger partial charge < -0.3 is 28.7 Å². The summed E-state index contributed by atoms with van der Waals surface area (Å²) in [5.41, 5.74) is 2.58. The first-order valence-electron chi connectivity index (χ1n) is 14.0. The number of nitrogens with zero attached hydrogens (tertiary/aromatic N) is 3. The fourth-order valence-corrected chi connectivity index (χ4v) is 7.52. The normalized spacial score (nSPS) is 21.8. The van der Waals surface area contributed by atoms with Crippen molar-refractivity contribution in [2.45, 2.75) is 75.8 Å². The number of hydrogen-bond donors (Lipinski definition) is 1. The number of hydrogen-bond acceptors (Lipinski definition) is 9. The molecule has 4 heterocycles. The van der Waals surface area contributed by atoms with Crippen LogP contribution in [0, 0.1) is 0 Å². The van der Waals surface area contributed by atoms with E-state index >= 15 is 0 Å². The van der Waals surface area contributed by atoms with Crippen LogP contribution in [0.1, 0.15) is 66.1 Å². The summed E-state index contributed by atoms with van der Waals surface area (Å²) in [4.78, 5) is 18.8. The zero-order valence-corrected chi connectivity index (χ0v) is 23.6. The van der Waals surface area contributed by atoms with Gasteiger partial charge >= 0.3 is 12.6 Å². The van der Waals surface area contributed by atoms with Gasteiger partial charge in [0, 0.05) is 29.1 Å². The van der Waals surface area contributed by atoms with Gasteiger partial charge in [0.1, 0.15) is 28.5 Å². The number of piperidine rings is 1. The molecular weight excluding hydrogens is 568 g/mol. The van der Waals surface area contributed by atoms with E-state index < -0.39 is 12.6 Å². The van der Waals surface area contributed by atoms with E-state index in [0.717, 1.165) is 59.7 Å². The number of fused-ring (bicyclic) bond motifs is 3. The first kappa shape index (κ1) is 27.1. The summed E-state index contributed by atoms with van der Waals surface area (Å²) in [5.74, 6) is 0.535. The number of para-hydroxylation sites is 1. The Morgan fingerprint density at radius 3 is 2.60 bits per heavy atom. The predicted octanol–water partition coefficient (Wildman–Crippen LogP) is 6.85. The van der Waals surface area contributed by atoms with Crippen molar-refractivity contribution < 1.29 is 37.4 Å². The van der Waals surface area contributed by atoms with Crippen molar-refractivity contribution in [1.29, 1.82) is 0 Å². The van der Waals surface area contributed by atoms with E-state index in [0.29, 0.717) is 22.5 Å². The number of ether oxygens (including phenoxy) is 3. The molecule has 2 aromatic heterocycles. The van der Waals surface area contributed by atoms with Crippen LogP contribution in [-0.2, 0) is 11.3 Å². The lowest BCUT2D eigenvalue weighted by Gasteiger charge is -2.38. The highest BCUT2D eigenvalue weighted by molar-refractivity contribution is 7.22. The van der Waals surface area contributed by atoms with E-state index in [1.54, 1.807) is 24.3 Å². The number of rotatable bonds is 10. The Morgan fingerprint density at radius 1 is 1.14 bits per heavy atom. The van der Waals surface area contributed by atoms with Crippen molar-refractivity contribution >= 4 is 32.7 Å². The number of carboxylic acids is 1. The molecule has 3 fully saturated rings. The third kappa shape index (κ3) is 4.96. The highest BCUT2D eigenvalue weighted by atomic mass is 32.1. The average molecular weight is 598 g/mol. The number of carbonyl (C=O) groups is 1. The van der Waals surface area contributed by atoms with Gasteiger partial charge in [-0.1, -0.05) is 28.6 Å². The average Bonchev–Trinajstić information content (AvgIpc) is 3.49. The van der Waals surface area contributed by atoms with Gasteiger partial charge in [-0.25, -0.2) is 9.78 Å².